The van der Waals surface area contributed by atoms with E-state index < -0.39 is 0 Å². The van der Waals surface area contributed by atoms with Gasteiger partial charge in [-0.2, -0.15) is 4.98 Å². The Bertz CT molecular complexity index is 364. The van der Waals surface area contributed by atoms with Crippen LogP contribution in [0.5, 0.6) is 0 Å². The fourth-order valence-electron chi connectivity index (χ4n) is 2.00. The number of nitrogens with zero attached hydrogens (tertiary/aromatic N) is 3. The number of hydrogen-bond acceptors (Lipinski definition) is 5. The number of ether oxygens (including phenoxy) is 1. The molecule has 0 bridgehead atoms. The van der Waals surface area contributed by atoms with Crippen LogP contribution in [0, 0.1) is 6.92 Å². The molecule has 0 aliphatic carbocycles. The van der Waals surface area contributed by atoms with E-state index in [4.69, 9.17) is 4.74 Å². The number of methoxy groups -OCH3 is 1. The summed E-state index contributed by atoms with van der Waals surface area (Å²) in [5.41, 5.74) is 1.00. The lowest BCUT2D eigenvalue weighted by molar-refractivity contribution is 0.210. The molecule has 0 atom stereocenters. The second-order valence-corrected chi connectivity index (χ2v) is 4.30. The quantitative estimate of drug-likeness (QED) is 0.784. The van der Waals surface area contributed by atoms with E-state index in [1.54, 1.807) is 7.11 Å². The summed E-state index contributed by atoms with van der Waals surface area (Å²) in [6.07, 6.45) is 2.52. The summed E-state index contributed by atoms with van der Waals surface area (Å²) in [4.78, 5) is 11.2. The molecular formula is C12H20N4O. The van der Waals surface area contributed by atoms with E-state index in [9.17, 15) is 0 Å². The van der Waals surface area contributed by atoms with Crippen molar-refractivity contribution in [2.24, 2.45) is 0 Å². The van der Waals surface area contributed by atoms with Crippen molar-refractivity contribution >= 4 is 11.8 Å². The van der Waals surface area contributed by atoms with Crippen molar-refractivity contribution in [1.82, 2.24) is 9.97 Å². The molecule has 1 aliphatic rings. The number of rotatable bonds is 5. The summed E-state index contributed by atoms with van der Waals surface area (Å²) in [5.74, 6) is 1.74. The molecule has 17 heavy (non-hydrogen) atoms. The fraction of sp³-hybridized carbons (Fsp3) is 0.667. The first-order chi connectivity index (χ1) is 8.29. The van der Waals surface area contributed by atoms with Crippen LogP contribution >= 0.6 is 0 Å². The number of nitrogens with one attached hydrogen (secondary N) is 1. The molecule has 5 heteroatoms. The predicted molar refractivity (Wildman–Crippen MR) is 68.6 cm³/mol. The minimum atomic E-state index is 0.663. The van der Waals surface area contributed by atoms with Crippen molar-refractivity contribution in [2.75, 3.05) is 43.6 Å². The van der Waals surface area contributed by atoms with Crippen molar-refractivity contribution in [1.29, 1.82) is 0 Å². The van der Waals surface area contributed by atoms with E-state index in [2.05, 4.69) is 20.2 Å². The van der Waals surface area contributed by atoms with Gasteiger partial charge < -0.3 is 15.0 Å². The van der Waals surface area contributed by atoms with E-state index in [1.807, 2.05) is 13.0 Å². The topological polar surface area (TPSA) is 50.3 Å². The fourth-order valence-corrected chi connectivity index (χ4v) is 2.00. The Kier molecular flexibility index (Phi) is 4.14. The molecule has 0 aromatic carbocycles. The zero-order chi connectivity index (χ0) is 12.1. The van der Waals surface area contributed by atoms with Gasteiger partial charge in [-0.1, -0.05) is 0 Å². The Morgan fingerprint density at radius 3 is 2.82 bits per heavy atom. The molecular weight excluding hydrogens is 216 g/mol. The van der Waals surface area contributed by atoms with Crippen LogP contribution in [0.3, 0.4) is 0 Å². The number of aryl methyl sites for hydroxylation is 1. The third-order valence-electron chi connectivity index (χ3n) is 2.86. The number of anilines is 2. The third-order valence-corrected chi connectivity index (χ3v) is 2.86. The van der Waals surface area contributed by atoms with Gasteiger partial charge in [0.15, 0.2) is 0 Å². The SMILES string of the molecule is COCCNc1nc(C)cc(N2CCCC2)n1. The van der Waals surface area contributed by atoms with Crippen LogP contribution in [0.1, 0.15) is 18.5 Å². The monoisotopic (exact) mass is 236 g/mol. The van der Waals surface area contributed by atoms with E-state index >= 15 is 0 Å². The highest BCUT2D eigenvalue weighted by atomic mass is 16.5. The average molecular weight is 236 g/mol. The van der Waals surface area contributed by atoms with E-state index in [0.29, 0.717) is 12.6 Å². The maximum absolute atomic E-state index is 5.00. The van der Waals surface area contributed by atoms with Gasteiger partial charge in [-0.3, -0.25) is 0 Å². The largest absolute Gasteiger partial charge is 0.383 e. The molecule has 0 amide bonds. The van der Waals surface area contributed by atoms with E-state index in [1.165, 1.54) is 12.8 Å². The van der Waals surface area contributed by atoms with Gasteiger partial charge in [-0.15, -0.1) is 0 Å². The van der Waals surface area contributed by atoms with Crippen LogP contribution in [0.25, 0.3) is 0 Å². The molecule has 94 valence electrons. The highest BCUT2D eigenvalue weighted by Crippen LogP contribution is 2.19. The lowest BCUT2D eigenvalue weighted by Gasteiger charge is -2.17. The smallest absolute Gasteiger partial charge is 0.224 e. The summed E-state index contributed by atoms with van der Waals surface area (Å²) in [5, 5.41) is 3.18. The van der Waals surface area contributed by atoms with Crippen LogP contribution in [0.4, 0.5) is 11.8 Å². The summed E-state index contributed by atoms with van der Waals surface area (Å²) >= 11 is 0. The summed E-state index contributed by atoms with van der Waals surface area (Å²) < 4.78 is 5.00. The van der Waals surface area contributed by atoms with Gasteiger partial charge in [-0.25, -0.2) is 4.98 Å². The Morgan fingerprint density at radius 2 is 2.12 bits per heavy atom. The standard InChI is InChI=1S/C12H20N4O/c1-10-9-11(16-6-3-4-7-16)15-12(14-10)13-5-8-17-2/h9H,3-8H2,1-2H3,(H,13,14,15). The minimum Gasteiger partial charge on any atom is -0.383 e. The van der Waals surface area contributed by atoms with E-state index in [0.717, 1.165) is 31.1 Å². The molecule has 1 aromatic rings. The molecule has 0 radical (unpaired) electrons. The molecule has 2 rings (SSSR count). The third kappa shape index (κ3) is 3.30. The number of aromatic nitrogens is 2. The van der Waals surface area contributed by atoms with Crippen LogP contribution in [-0.4, -0.2) is 43.3 Å². The maximum Gasteiger partial charge on any atom is 0.224 e. The lowest BCUT2D eigenvalue weighted by atomic mass is 10.4. The van der Waals surface area contributed by atoms with Crippen molar-refractivity contribution in [3.05, 3.63) is 11.8 Å². The average Bonchev–Trinajstić information content (AvgIpc) is 2.82. The molecule has 1 N–H and O–H groups in total. The lowest BCUT2D eigenvalue weighted by Crippen LogP contribution is -2.20. The van der Waals surface area contributed by atoms with Crippen molar-refractivity contribution in [2.45, 2.75) is 19.8 Å². The van der Waals surface area contributed by atoms with Crippen LogP contribution in [0.15, 0.2) is 6.07 Å². The first-order valence-corrected chi connectivity index (χ1v) is 6.13. The van der Waals surface area contributed by atoms with Gasteiger partial charge in [0.25, 0.3) is 0 Å². The van der Waals surface area contributed by atoms with Gasteiger partial charge in [0.1, 0.15) is 5.82 Å². The molecule has 1 aromatic heterocycles. The first kappa shape index (κ1) is 12.1. The molecule has 2 heterocycles. The van der Waals surface area contributed by atoms with Crippen LogP contribution in [-0.2, 0) is 4.74 Å². The zero-order valence-corrected chi connectivity index (χ0v) is 10.6. The first-order valence-electron chi connectivity index (χ1n) is 6.13. The highest BCUT2D eigenvalue weighted by Gasteiger charge is 2.14. The molecule has 0 saturated carbocycles. The Labute approximate surface area is 102 Å². The molecule has 5 nitrogen and oxygen atoms in total. The van der Waals surface area contributed by atoms with Gasteiger partial charge in [0.05, 0.1) is 6.61 Å². The minimum absolute atomic E-state index is 0.663. The van der Waals surface area contributed by atoms with Crippen molar-refractivity contribution in [3.8, 4) is 0 Å². The highest BCUT2D eigenvalue weighted by molar-refractivity contribution is 5.45. The molecule has 0 spiro atoms. The van der Waals surface area contributed by atoms with Gasteiger partial charge in [-0.05, 0) is 19.8 Å². The maximum atomic E-state index is 5.00. The van der Waals surface area contributed by atoms with Gasteiger partial charge in [0.2, 0.25) is 5.95 Å². The Balaban J connectivity index is 2.05. The molecule has 1 aliphatic heterocycles. The molecule has 0 unspecified atom stereocenters. The zero-order valence-electron chi connectivity index (χ0n) is 10.6. The molecule has 1 saturated heterocycles. The van der Waals surface area contributed by atoms with Crippen molar-refractivity contribution in [3.63, 3.8) is 0 Å². The van der Waals surface area contributed by atoms with Crippen LogP contribution < -0.4 is 10.2 Å². The Hall–Kier alpha value is -1.36. The normalized spacial score (nSPS) is 15.3. The second-order valence-electron chi connectivity index (χ2n) is 4.30. The molecule has 1 fully saturated rings. The Morgan fingerprint density at radius 1 is 1.35 bits per heavy atom. The number of hydrogen-bond donors (Lipinski definition) is 1. The summed E-state index contributed by atoms with van der Waals surface area (Å²) in [7, 11) is 1.69. The van der Waals surface area contributed by atoms with Gasteiger partial charge in [0, 0.05) is 38.5 Å². The van der Waals surface area contributed by atoms with Crippen molar-refractivity contribution < 1.29 is 4.74 Å². The summed E-state index contributed by atoms with van der Waals surface area (Å²) in [6, 6.07) is 2.05. The summed E-state index contributed by atoms with van der Waals surface area (Å²) in [6.45, 7) is 5.61. The predicted octanol–water partition coefficient (Wildman–Crippen LogP) is 1.44. The second kappa shape index (κ2) is 5.82. The van der Waals surface area contributed by atoms with Gasteiger partial charge >= 0.3 is 0 Å². The van der Waals surface area contributed by atoms with E-state index in [-0.39, 0.29) is 0 Å². The van der Waals surface area contributed by atoms with Crippen LogP contribution in [0.2, 0.25) is 0 Å².